The van der Waals surface area contributed by atoms with Crippen molar-refractivity contribution < 1.29 is 14.6 Å². The third-order valence-electron chi connectivity index (χ3n) is 2.13. The molecule has 2 atom stereocenters. The third-order valence-corrected chi connectivity index (χ3v) is 2.13. The van der Waals surface area contributed by atoms with E-state index in [1.54, 1.807) is 6.92 Å². The molecule has 0 fully saturated rings. The summed E-state index contributed by atoms with van der Waals surface area (Å²) in [5, 5.41) is 16.2. The van der Waals surface area contributed by atoms with Crippen LogP contribution in [0.2, 0.25) is 0 Å². The Morgan fingerprint density at radius 2 is 2.47 bits per heavy atom. The first-order valence-electron chi connectivity index (χ1n) is 4.45. The van der Waals surface area contributed by atoms with Crippen LogP contribution in [0.4, 0.5) is 0 Å². The van der Waals surface area contributed by atoms with E-state index in [-0.39, 0.29) is 12.6 Å². The third kappa shape index (κ3) is 2.51. The van der Waals surface area contributed by atoms with Crippen molar-refractivity contribution in [1.82, 2.24) is 15.0 Å². The van der Waals surface area contributed by atoms with Crippen molar-refractivity contribution in [1.29, 1.82) is 0 Å². The van der Waals surface area contributed by atoms with Crippen molar-refractivity contribution in [2.24, 2.45) is 5.73 Å². The first-order chi connectivity index (χ1) is 7.10. The fraction of sp³-hybridized carbons (Fsp3) is 0.625. The number of nitrogens with zero attached hydrogens (tertiary/aromatic N) is 3. The Morgan fingerprint density at radius 1 is 1.80 bits per heavy atom. The molecule has 0 aromatic carbocycles. The number of carbonyl (C=O) groups excluding carboxylic acids is 1. The molecule has 1 heterocycles. The van der Waals surface area contributed by atoms with Gasteiger partial charge in [0.05, 0.1) is 26.0 Å². The molecule has 1 aromatic rings. The summed E-state index contributed by atoms with van der Waals surface area (Å²) in [4.78, 5) is 11.1. The molecule has 0 amide bonds. The summed E-state index contributed by atoms with van der Waals surface area (Å²) in [5.74, 6) is -0.511. The first-order valence-corrected chi connectivity index (χ1v) is 4.45. The van der Waals surface area contributed by atoms with Crippen LogP contribution in [0.25, 0.3) is 0 Å². The number of nitrogens with two attached hydrogens (primary N) is 1. The normalized spacial score (nSPS) is 14.7. The monoisotopic (exact) mass is 214 g/mol. The van der Waals surface area contributed by atoms with Gasteiger partial charge in [0, 0.05) is 0 Å². The fourth-order valence-corrected chi connectivity index (χ4v) is 1.08. The van der Waals surface area contributed by atoms with E-state index in [2.05, 4.69) is 15.0 Å². The van der Waals surface area contributed by atoms with Crippen LogP contribution in [0.1, 0.15) is 18.7 Å². The SMILES string of the molecule is COC(=O)[C@H](N)[C@H](C)n1cc(CO)nn1. The second-order valence-corrected chi connectivity index (χ2v) is 3.14. The second-order valence-electron chi connectivity index (χ2n) is 3.14. The molecule has 0 unspecified atom stereocenters. The van der Waals surface area contributed by atoms with Crippen LogP contribution >= 0.6 is 0 Å². The zero-order valence-electron chi connectivity index (χ0n) is 8.62. The summed E-state index contributed by atoms with van der Waals surface area (Å²) < 4.78 is 5.94. The summed E-state index contributed by atoms with van der Waals surface area (Å²) in [6, 6.07) is -1.17. The summed E-state index contributed by atoms with van der Waals surface area (Å²) in [6.45, 7) is 1.53. The predicted octanol–water partition coefficient (Wildman–Crippen LogP) is -1.17. The zero-order chi connectivity index (χ0) is 11.4. The van der Waals surface area contributed by atoms with Gasteiger partial charge in [-0.05, 0) is 6.92 Å². The first kappa shape index (κ1) is 11.6. The molecule has 0 saturated carbocycles. The van der Waals surface area contributed by atoms with Crippen LogP contribution in [-0.2, 0) is 16.1 Å². The van der Waals surface area contributed by atoms with E-state index in [4.69, 9.17) is 10.8 Å². The number of hydrogen-bond donors (Lipinski definition) is 2. The average Bonchev–Trinajstić information content (AvgIpc) is 2.74. The predicted molar refractivity (Wildman–Crippen MR) is 50.6 cm³/mol. The van der Waals surface area contributed by atoms with Crippen molar-refractivity contribution in [2.45, 2.75) is 25.6 Å². The van der Waals surface area contributed by atoms with Gasteiger partial charge >= 0.3 is 5.97 Å². The molecule has 3 N–H and O–H groups in total. The lowest BCUT2D eigenvalue weighted by Crippen LogP contribution is -2.39. The van der Waals surface area contributed by atoms with E-state index >= 15 is 0 Å². The molecule has 0 aliphatic heterocycles. The van der Waals surface area contributed by atoms with Crippen molar-refractivity contribution in [3.05, 3.63) is 11.9 Å². The number of aliphatic hydroxyl groups is 1. The highest BCUT2D eigenvalue weighted by Crippen LogP contribution is 2.09. The average molecular weight is 214 g/mol. The molecule has 1 rings (SSSR count). The Labute approximate surface area is 86.8 Å². The van der Waals surface area contributed by atoms with Gasteiger partial charge in [-0.2, -0.15) is 0 Å². The number of rotatable bonds is 4. The molecule has 84 valence electrons. The Kier molecular flexibility index (Phi) is 3.75. The maximum absolute atomic E-state index is 11.1. The van der Waals surface area contributed by atoms with Crippen LogP contribution in [-0.4, -0.2) is 39.2 Å². The number of aliphatic hydroxyl groups excluding tert-OH is 1. The van der Waals surface area contributed by atoms with Crippen LogP contribution in [0.15, 0.2) is 6.20 Å². The molecule has 0 bridgehead atoms. The second kappa shape index (κ2) is 4.85. The van der Waals surface area contributed by atoms with E-state index in [9.17, 15) is 4.79 Å². The zero-order valence-corrected chi connectivity index (χ0v) is 8.62. The van der Waals surface area contributed by atoms with E-state index < -0.39 is 12.0 Å². The van der Waals surface area contributed by atoms with Crippen LogP contribution in [0.5, 0.6) is 0 Å². The van der Waals surface area contributed by atoms with Crippen molar-refractivity contribution in [3.8, 4) is 0 Å². The van der Waals surface area contributed by atoms with E-state index in [0.717, 1.165) is 0 Å². The summed E-state index contributed by atoms with van der Waals surface area (Å²) in [6.07, 6.45) is 1.54. The Morgan fingerprint density at radius 3 is 2.93 bits per heavy atom. The van der Waals surface area contributed by atoms with E-state index in [1.807, 2.05) is 0 Å². The number of ether oxygens (including phenoxy) is 1. The van der Waals surface area contributed by atoms with Crippen molar-refractivity contribution in [3.63, 3.8) is 0 Å². The van der Waals surface area contributed by atoms with Gasteiger partial charge < -0.3 is 15.6 Å². The van der Waals surface area contributed by atoms with Crippen LogP contribution in [0, 0.1) is 0 Å². The molecule has 0 aliphatic rings. The van der Waals surface area contributed by atoms with Gasteiger partial charge in [-0.1, -0.05) is 5.21 Å². The number of hydrogen-bond acceptors (Lipinski definition) is 6. The van der Waals surface area contributed by atoms with Crippen molar-refractivity contribution in [2.75, 3.05) is 7.11 Å². The number of esters is 1. The van der Waals surface area contributed by atoms with Crippen LogP contribution < -0.4 is 5.73 Å². The summed E-state index contributed by atoms with van der Waals surface area (Å²) >= 11 is 0. The topological polar surface area (TPSA) is 103 Å². The lowest BCUT2D eigenvalue weighted by Gasteiger charge is -2.16. The van der Waals surface area contributed by atoms with Gasteiger partial charge in [-0.3, -0.25) is 4.79 Å². The molecule has 7 heteroatoms. The van der Waals surface area contributed by atoms with Gasteiger partial charge in [0.25, 0.3) is 0 Å². The molecule has 7 nitrogen and oxygen atoms in total. The minimum Gasteiger partial charge on any atom is -0.468 e. The highest BCUT2D eigenvalue weighted by Gasteiger charge is 2.23. The quantitative estimate of drug-likeness (QED) is 0.612. The Bertz CT molecular complexity index is 338. The van der Waals surface area contributed by atoms with Gasteiger partial charge in [-0.15, -0.1) is 5.10 Å². The highest BCUT2D eigenvalue weighted by molar-refractivity contribution is 5.75. The van der Waals surface area contributed by atoms with Crippen LogP contribution in [0.3, 0.4) is 0 Å². The van der Waals surface area contributed by atoms with E-state index in [1.165, 1.54) is 18.0 Å². The van der Waals surface area contributed by atoms with Crippen molar-refractivity contribution >= 4 is 5.97 Å². The lowest BCUT2D eigenvalue weighted by molar-refractivity contribution is -0.143. The molecule has 0 spiro atoms. The molecular formula is C8H14N4O3. The summed E-state index contributed by atoms with van der Waals surface area (Å²) in [7, 11) is 1.27. The minimum absolute atomic E-state index is 0.194. The molecule has 0 saturated heterocycles. The van der Waals surface area contributed by atoms with Gasteiger partial charge in [0.15, 0.2) is 0 Å². The number of aromatic nitrogens is 3. The van der Waals surface area contributed by atoms with Gasteiger partial charge in [0.2, 0.25) is 0 Å². The molecule has 0 aliphatic carbocycles. The maximum Gasteiger partial charge on any atom is 0.324 e. The molecular weight excluding hydrogens is 200 g/mol. The maximum atomic E-state index is 11.1. The minimum atomic E-state index is -0.803. The number of carbonyl (C=O) groups is 1. The fourth-order valence-electron chi connectivity index (χ4n) is 1.08. The standard InChI is InChI=1S/C8H14N4O3/c1-5(7(9)8(14)15-2)12-3-6(4-13)10-11-12/h3,5,7,13H,4,9H2,1-2H3/t5-,7+/m0/s1. The van der Waals surface area contributed by atoms with Gasteiger partial charge in [-0.25, -0.2) is 4.68 Å². The molecule has 0 radical (unpaired) electrons. The largest absolute Gasteiger partial charge is 0.468 e. The smallest absolute Gasteiger partial charge is 0.324 e. The van der Waals surface area contributed by atoms with Gasteiger partial charge in [0.1, 0.15) is 11.7 Å². The lowest BCUT2D eigenvalue weighted by atomic mass is 10.1. The Hall–Kier alpha value is -1.47. The van der Waals surface area contributed by atoms with E-state index in [0.29, 0.717) is 5.69 Å². The Balaban J connectivity index is 2.75. The molecule has 1 aromatic heterocycles. The highest BCUT2D eigenvalue weighted by atomic mass is 16.5. The number of methoxy groups -OCH3 is 1. The molecule has 15 heavy (non-hydrogen) atoms. The summed E-state index contributed by atoms with van der Waals surface area (Å²) in [5.41, 5.74) is 6.06.